The van der Waals surface area contributed by atoms with Crippen LogP contribution < -0.4 is 11.1 Å². The Labute approximate surface area is 85.6 Å². The molecule has 1 aliphatic rings. The smallest absolute Gasteiger partial charge is 0.140 e. The van der Waals surface area contributed by atoms with Gasteiger partial charge in [-0.3, -0.25) is 0 Å². The van der Waals surface area contributed by atoms with E-state index in [2.05, 4.69) is 31.2 Å². The SMILES string of the molecule is CCC(CC(N)=NO)NC1CC1(C)C. The molecule has 0 radical (unpaired) electrons. The first-order valence-electron chi connectivity index (χ1n) is 5.22. The minimum atomic E-state index is 0.308. The van der Waals surface area contributed by atoms with Crippen molar-refractivity contribution in [3.8, 4) is 0 Å². The molecule has 2 atom stereocenters. The molecule has 1 rings (SSSR count). The largest absolute Gasteiger partial charge is 0.409 e. The molecule has 0 spiro atoms. The highest BCUT2D eigenvalue weighted by Gasteiger charge is 2.46. The molecule has 0 aromatic heterocycles. The van der Waals surface area contributed by atoms with Crippen molar-refractivity contribution >= 4 is 5.84 Å². The summed E-state index contributed by atoms with van der Waals surface area (Å²) in [4.78, 5) is 0. The highest BCUT2D eigenvalue weighted by molar-refractivity contribution is 5.80. The normalized spacial score (nSPS) is 27.4. The second-order valence-electron chi connectivity index (χ2n) is 4.81. The second-order valence-corrected chi connectivity index (χ2v) is 4.81. The summed E-state index contributed by atoms with van der Waals surface area (Å²) in [7, 11) is 0. The maximum absolute atomic E-state index is 8.47. The third-order valence-electron chi connectivity index (χ3n) is 3.03. The lowest BCUT2D eigenvalue weighted by atomic mass is 10.1. The number of nitrogens with zero attached hydrogens (tertiary/aromatic N) is 1. The number of nitrogens with two attached hydrogens (primary N) is 1. The summed E-state index contributed by atoms with van der Waals surface area (Å²) >= 11 is 0. The summed E-state index contributed by atoms with van der Waals surface area (Å²) in [5.41, 5.74) is 5.90. The van der Waals surface area contributed by atoms with Gasteiger partial charge in [0.05, 0.1) is 0 Å². The van der Waals surface area contributed by atoms with Crippen molar-refractivity contribution in [2.24, 2.45) is 16.3 Å². The van der Waals surface area contributed by atoms with Crippen molar-refractivity contribution in [3.63, 3.8) is 0 Å². The topological polar surface area (TPSA) is 70.6 Å². The zero-order valence-electron chi connectivity index (χ0n) is 9.25. The Kier molecular flexibility index (Phi) is 3.37. The molecule has 0 heterocycles. The van der Waals surface area contributed by atoms with Crippen molar-refractivity contribution in [2.45, 2.75) is 52.1 Å². The molecule has 0 amide bonds. The van der Waals surface area contributed by atoms with Gasteiger partial charge in [-0.1, -0.05) is 25.9 Å². The predicted molar refractivity (Wildman–Crippen MR) is 57.4 cm³/mol. The summed E-state index contributed by atoms with van der Waals surface area (Å²) < 4.78 is 0. The maximum atomic E-state index is 8.47. The first-order chi connectivity index (χ1) is 6.49. The van der Waals surface area contributed by atoms with Gasteiger partial charge in [0, 0.05) is 18.5 Å². The van der Waals surface area contributed by atoms with Crippen molar-refractivity contribution < 1.29 is 5.21 Å². The van der Waals surface area contributed by atoms with Gasteiger partial charge in [0.1, 0.15) is 5.84 Å². The Bertz CT molecular complexity index is 225. The van der Waals surface area contributed by atoms with Gasteiger partial charge in [-0.2, -0.15) is 0 Å². The standard InChI is InChI=1S/C10H21N3O/c1-4-7(5-9(11)13-14)12-8-6-10(8,2)3/h7-8,12,14H,4-6H2,1-3H3,(H2,11,13). The Hall–Kier alpha value is -0.770. The molecule has 2 unspecified atom stereocenters. The second kappa shape index (κ2) is 4.17. The molecular weight excluding hydrogens is 178 g/mol. The Morgan fingerprint density at radius 2 is 2.29 bits per heavy atom. The molecule has 0 saturated heterocycles. The Balaban J connectivity index is 2.33. The number of nitrogens with one attached hydrogen (secondary N) is 1. The molecule has 4 N–H and O–H groups in total. The zero-order valence-corrected chi connectivity index (χ0v) is 9.25. The van der Waals surface area contributed by atoms with E-state index >= 15 is 0 Å². The molecule has 0 aliphatic heterocycles. The van der Waals surface area contributed by atoms with Gasteiger partial charge in [-0.25, -0.2) is 0 Å². The lowest BCUT2D eigenvalue weighted by molar-refractivity contribution is 0.315. The Morgan fingerprint density at radius 3 is 2.64 bits per heavy atom. The van der Waals surface area contributed by atoms with E-state index in [0.29, 0.717) is 29.8 Å². The fourth-order valence-corrected chi connectivity index (χ4v) is 1.65. The maximum Gasteiger partial charge on any atom is 0.140 e. The van der Waals surface area contributed by atoms with E-state index in [1.807, 2.05) is 0 Å². The molecule has 4 heteroatoms. The fourth-order valence-electron chi connectivity index (χ4n) is 1.65. The summed E-state index contributed by atoms with van der Waals surface area (Å²) in [6, 6.07) is 0.927. The van der Waals surface area contributed by atoms with Crippen molar-refractivity contribution in [1.82, 2.24) is 5.32 Å². The summed E-state index contributed by atoms with van der Waals surface area (Å²) in [6.45, 7) is 6.61. The predicted octanol–water partition coefficient (Wildman–Crippen LogP) is 1.29. The third-order valence-corrected chi connectivity index (χ3v) is 3.03. The molecule has 14 heavy (non-hydrogen) atoms. The third kappa shape index (κ3) is 2.87. The molecule has 4 nitrogen and oxygen atoms in total. The fraction of sp³-hybridized carbons (Fsp3) is 0.900. The van der Waals surface area contributed by atoms with Gasteiger partial charge in [-0.15, -0.1) is 0 Å². The molecule has 1 fully saturated rings. The van der Waals surface area contributed by atoms with Crippen molar-refractivity contribution in [3.05, 3.63) is 0 Å². The van der Waals surface area contributed by atoms with Crippen LogP contribution in [0.2, 0.25) is 0 Å². The van der Waals surface area contributed by atoms with Crippen LogP contribution in [0.25, 0.3) is 0 Å². The summed E-state index contributed by atoms with van der Waals surface area (Å²) in [5, 5.41) is 15.0. The number of rotatable bonds is 5. The van der Waals surface area contributed by atoms with Crippen LogP contribution in [-0.2, 0) is 0 Å². The van der Waals surface area contributed by atoms with E-state index in [0.717, 1.165) is 6.42 Å². The Morgan fingerprint density at radius 1 is 1.71 bits per heavy atom. The monoisotopic (exact) mass is 199 g/mol. The van der Waals surface area contributed by atoms with Crippen LogP contribution in [0, 0.1) is 5.41 Å². The van der Waals surface area contributed by atoms with Crippen molar-refractivity contribution in [2.75, 3.05) is 0 Å². The van der Waals surface area contributed by atoms with E-state index in [4.69, 9.17) is 10.9 Å². The molecule has 1 aliphatic carbocycles. The lowest BCUT2D eigenvalue weighted by Gasteiger charge is -2.17. The molecule has 82 valence electrons. The van der Waals surface area contributed by atoms with E-state index in [1.165, 1.54) is 6.42 Å². The summed E-state index contributed by atoms with van der Waals surface area (Å²) in [5.74, 6) is 0.308. The number of amidine groups is 1. The van der Waals surface area contributed by atoms with E-state index in [1.54, 1.807) is 0 Å². The molecule has 0 bridgehead atoms. The lowest BCUT2D eigenvalue weighted by Crippen LogP contribution is -2.36. The van der Waals surface area contributed by atoms with Gasteiger partial charge in [-0.05, 0) is 18.3 Å². The van der Waals surface area contributed by atoms with Gasteiger partial charge in [0.2, 0.25) is 0 Å². The number of hydrogen-bond donors (Lipinski definition) is 3. The van der Waals surface area contributed by atoms with Gasteiger partial charge in [0.15, 0.2) is 0 Å². The average Bonchev–Trinajstić information content (AvgIpc) is 2.72. The van der Waals surface area contributed by atoms with E-state index in [9.17, 15) is 0 Å². The number of oxime groups is 1. The van der Waals surface area contributed by atoms with Crippen molar-refractivity contribution in [1.29, 1.82) is 0 Å². The number of hydrogen-bond acceptors (Lipinski definition) is 3. The van der Waals surface area contributed by atoms with Crippen LogP contribution in [0.3, 0.4) is 0 Å². The van der Waals surface area contributed by atoms with Crippen LogP contribution in [-0.4, -0.2) is 23.1 Å². The highest BCUT2D eigenvalue weighted by Crippen LogP contribution is 2.44. The van der Waals surface area contributed by atoms with Crippen LogP contribution in [0.15, 0.2) is 5.16 Å². The van der Waals surface area contributed by atoms with Crippen LogP contribution >= 0.6 is 0 Å². The molecular formula is C10H21N3O. The van der Waals surface area contributed by atoms with Gasteiger partial charge >= 0.3 is 0 Å². The van der Waals surface area contributed by atoms with Crippen LogP contribution in [0.1, 0.15) is 40.0 Å². The highest BCUT2D eigenvalue weighted by atomic mass is 16.4. The van der Waals surface area contributed by atoms with Crippen LogP contribution in [0.5, 0.6) is 0 Å². The average molecular weight is 199 g/mol. The zero-order chi connectivity index (χ0) is 10.8. The minimum absolute atomic E-state index is 0.308. The van der Waals surface area contributed by atoms with E-state index < -0.39 is 0 Å². The summed E-state index contributed by atoms with van der Waals surface area (Å²) in [6.07, 6.45) is 2.85. The first-order valence-corrected chi connectivity index (χ1v) is 5.22. The van der Waals surface area contributed by atoms with Crippen LogP contribution in [0.4, 0.5) is 0 Å². The quantitative estimate of drug-likeness (QED) is 0.270. The minimum Gasteiger partial charge on any atom is -0.409 e. The molecule has 0 aromatic rings. The van der Waals surface area contributed by atoms with Gasteiger partial charge < -0.3 is 16.3 Å². The van der Waals surface area contributed by atoms with Gasteiger partial charge in [0.25, 0.3) is 0 Å². The molecule has 1 saturated carbocycles. The first kappa shape index (κ1) is 11.3. The van der Waals surface area contributed by atoms with E-state index in [-0.39, 0.29) is 0 Å². The molecule has 0 aromatic carbocycles.